The highest BCUT2D eigenvalue weighted by molar-refractivity contribution is 6.34. The molecule has 0 fully saturated rings. The molecule has 0 saturated heterocycles. The molecule has 2 aromatic carbocycles. The van der Waals surface area contributed by atoms with E-state index in [1.807, 2.05) is 25.1 Å². The maximum absolute atomic E-state index is 15.0. The van der Waals surface area contributed by atoms with E-state index in [1.165, 1.54) is 10.7 Å². The van der Waals surface area contributed by atoms with E-state index in [4.69, 9.17) is 16.7 Å². The lowest BCUT2D eigenvalue weighted by molar-refractivity contribution is -0.137. The summed E-state index contributed by atoms with van der Waals surface area (Å²) in [5, 5.41) is 27.7. The number of fused-ring (bicyclic) bond motifs is 1. The molecule has 0 aliphatic carbocycles. The van der Waals surface area contributed by atoms with E-state index in [0.717, 1.165) is 16.5 Å². The summed E-state index contributed by atoms with van der Waals surface area (Å²) in [7, 11) is 0. The number of nitrogens with one attached hydrogen (secondary N) is 1. The van der Waals surface area contributed by atoms with Crippen molar-refractivity contribution < 1.29 is 19.4 Å². The van der Waals surface area contributed by atoms with Gasteiger partial charge in [-0.3, -0.25) is 14.5 Å². The van der Waals surface area contributed by atoms with Crippen molar-refractivity contribution in [3.05, 3.63) is 89.6 Å². The molecule has 0 bridgehead atoms. The topological polar surface area (TPSA) is 126 Å². The van der Waals surface area contributed by atoms with Gasteiger partial charge in [-0.2, -0.15) is 5.10 Å². The number of carbonyl (C=O) groups is 1. The Hall–Kier alpha value is -4.41. The highest BCUT2D eigenvalue weighted by Gasteiger charge is 2.20. The van der Waals surface area contributed by atoms with Crippen molar-refractivity contribution in [2.45, 2.75) is 39.0 Å². The van der Waals surface area contributed by atoms with E-state index in [0.29, 0.717) is 38.7 Å². The average molecular weight is 561 g/mol. The molecule has 1 atom stereocenters. The number of benzene rings is 2. The fourth-order valence-corrected chi connectivity index (χ4v) is 4.58. The molecule has 1 unspecified atom stereocenters. The average Bonchev–Trinajstić information content (AvgIpc) is 3.37. The summed E-state index contributed by atoms with van der Waals surface area (Å²) < 4.78 is 16.3. The molecular weight excluding hydrogens is 535 g/mol. The van der Waals surface area contributed by atoms with Crippen LogP contribution in [0.1, 0.15) is 38.2 Å². The molecule has 0 saturated carbocycles. The van der Waals surface area contributed by atoms with Crippen LogP contribution in [-0.4, -0.2) is 40.9 Å². The molecule has 3 N–H and O–H groups in total. The van der Waals surface area contributed by atoms with Gasteiger partial charge in [0.25, 0.3) is 0 Å². The Balaban J connectivity index is 1.48. The van der Waals surface area contributed by atoms with E-state index in [2.05, 4.69) is 25.4 Å². The maximum Gasteiger partial charge on any atom is 0.325 e. The zero-order valence-electron chi connectivity index (χ0n) is 21.9. The van der Waals surface area contributed by atoms with Crippen LogP contribution in [0.25, 0.3) is 33.2 Å². The highest BCUT2D eigenvalue weighted by atomic mass is 35.5. The van der Waals surface area contributed by atoms with Crippen LogP contribution in [0.5, 0.6) is 0 Å². The third kappa shape index (κ3) is 5.63. The molecule has 9 nitrogen and oxygen atoms in total. The normalized spacial score (nSPS) is 12.4. The van der Waals surface area contributed by atoms with E-state index in [1.54, 1.807) is 57.0 Å². The van der Waals surface area contributed by atoms with Crippen molar-refractivity contribution in [2.75, 3.05) is 5.32 Å². The first-order valence-electron chi connectivity index (χ1n) is 12.4. The molecule has 40 heavy (non-hydrogen) atoms. The standard InChI is InChI=1S/C29H26ClFN6O3/c1-16(21-8-18(4-6-24(21)31)20-12-35-37(14-20)15-26(38)39)36-27-22-9-17(5-7-25(22)32-13-23(27)30)19-10-33-28(34-11-19)29(2,3)40/h4-14,16,40H,15H2,1-3H3,(H,32,36)(H,38,39). The summed E-state index contributed by atoms with van der Waals surface area (Å²) in [6, 6.07) is 9.88. The number of carboxylic acid groups (broad SMARTS) is 1. The van der Waals surface area contributed by atoms with Crippen LogP contribution in [-0.2, 0) is 16.9 Å². The minimum atomic E-state index is -1.15. The molecule has 0 aliphatic heterocycles. The number of hydrogen-bond donors (Lipinski definition) is 3. The Bertz CT molecular complexity index is 1720. The molecule has 0 spiro atoms. The quantitative estimate of drug-likeness (QED) is 0.216. The molecule has 0 aliphatic rings. The number of aliphatic hydroxyl groups is 1. The van der Waals surface area contributed by atoms with E-state index >= 15 is 4.39 Å². The van der Waals surface area contributed by atoms with Crippen LogP contribution < -0.4 is 5.32 Å². The van der Waals surface area contributed by atoms with Gasteiger partial charge in [0, 0.05) is 46.9 Å². The second kappa shape index (κ2) is 10.6. The zero-order valence-corrected chi connectivity index (χ0v) is 22.7. The molecule has 0 radical (unpaired) electrons. The molecule has 204 valence electrons. The number of carboxylic acids is 1. The smallest absolute Gasteiger partial charge is 0.325 e. The predicted octanol–water partition coefficient (Wildman–Crippen LogP) is 5.83. The van der Waals surface area contributed by atoms with Crippen molar-refractivity contribution in [1.29, 1.82) is 0 Å². The van der Waals surface area contributed by atoms with E-state index in [9.17, 15) is 9.90 Å². The van der Waals surface area contributed by atoms with Gasteiger partial charge in [-0.15, -0.1) is 0 Å². The van der Waals surface area contributed by atoms with Gasteiger partial charge in [-0.05, 0) is 56.2 Å². The van der Waals surface area contributed by atoms with E-state index < -0.39 is 23.4 Å². The first-order valence-corrected chi connectivity index (χ1v) is 12.8. The third-order valence-electron chi connectivity index (χ3n) is 6.44. The van der Waals surface area contributed by atoms with Gasteiger partial charge in [0.2, 0.25) is 0 Å². The van der Waals surface area contributed by atoms with Gasteiger partial charge in [-0.1, -0.05) is 23.7 Å². The number of nitrogens with zero attached hydrogens (tertiary/aromatic N) is 5. The molecule has 3 heterocycles. The van der Waals surface area contributed by atoms with Gasteiger partial charge in [0.05, 0.1) is 28.5 Å². The number of rotatable bonds is 8. The molecule has 5 rings (SSSR count). The number of pyridine rings is 1. The molecule has 5 aromatic rings. The first-order chi connectivity index (χ1) is 19.0. The molecule has 3 aromatic heterocycles. The SMILES string of the molecule is CC(Nc1c(Cl)cnc2ccc(-c3cnc(C(C)(C)O)nc3)cc12)c1cc(-c2cnn(CC(=O)O)c2)ccc1F. The van der Waals surface area contributed by atoms with Crippen molar-refractivity contribution in [3.8, 4) is 22.3 Å². The number of halogens is 2. The zero-order chi connectivity index (χ0) is 28.6. The minimum Gasteiger partial charge on any atom is -0.480 e. The second-order valence-corrected chi connectivity index (χ2v) is 10.4. The van der Waals surface area contributed by atoms with Crippen LogP contribution in [0, 0.1) is 5.82 Å². The van der Waals surface area contributed by atoms with Crippen LogP contribution in [0.15, 0.2) is 67.4 Å². The number of hydrogen-bond acceptors (Lipinski definition) is 7. The van der Waals surface area contributed by atoms with Gasteiger partial charge >= 0.3 is 5.97 Å². The Morgan fingerprint density at radius 2 is 1.73 bits per heavy atom. The summed E-state index contributed by atoms with van der Waals surface area (Å²) in [6.07, 6.45) is 7.99. The molecular formula is C29H26ClFN6O3. The summed E-state index contributed by atoms with van der Waals surface area (Å²) in [5.74, 6) is -1.09. The summed E-state index contributed by atoms with van der Waals surface area (Å²) in [6.45, 7) is 4.80. The lowest BCUT2D eigenvalue weighted by atomic mass is 10.0. The van der Waals surface area contributed by atoms with Crippen LogP contribution in [0.4, 0.5) is 10.1 Å². The predicted molar refractivity (Wildman–Crippen MR) is 150 cm³/mol. The second-order valence-electron chi connectivity index (χ2n) is 9.99. The van der Waals surface area contributed by atoms with Crippen LogP contribution in [0.3, 0.4) is 0 Å². The summed E-state index contributed by atoms with van der Waals surface area (Å²) in [4.78, 5) is 24.0. The number of aliphatic carboxylic acids is 1. The summed E-state index contributed by atoms with van der Waals surface area (Å²) >= 11 is 6.59. The van der Waals surface area contributed by atoms with Crippen LogP contribution >= 0.6 is 11.6 Å². The van der Waals surface area contributed by atoms with Gasteiger partial charge in [0.1, 0.15) is 18.0 Å². The maximum atomic E-state index is 15.0. The fraction of sp³-hybridized carbons (Fsp3) is 0.207. The molecule has 11 heteroatoms. The summed E-state index contributed by atoms with van der Waals surface area (Å²) in [5.41, 5.74) is 3.46. The minimum absolute atomic E-state index is 0.267. The lowest BCUT2D eigenvalue weighted by Gasteiger charge is -2.20. The lowest BCUT2D eigenvalue weighted by Crippen LogP contribution is -2.19. The largest absolute Gasteiger partial charge is 0.480 e. The van der Waals surface area contributed by atoms with Gasteiger partial charge < -0.3 is 15.5 Å². The van der Waals surface area contributed by atoms with Crippen molar-refractivity contribution in [2.24, 2.45) is 0 Å². The van der Waals surface area contributed by atoms with Crippen molar-refractivity contribution >= 4 is 34.2 Å². The fourth-order valence-electron chi connectivity index (χ4n) is 4.37. The van der Waals surface area contributed by atoms with Gasteiger partial charge in [0.15, 0.2) is 5.82 Å². The Kier molecular flexibility index (Phi) is 7.22. The van der Waals surface area contributed by atoms with Crippen LogP contribution in [0.2, 0.25) is 5.02 Å². The Morgan fingerprint density at radius 3 is 2.42 bits per heavy atom. The Morgan fingerprint density at radius 1 is 1.02 bits per heavy atom. The Labute approximate surface area is 234 Å². The highest BCUT2D eigenvalue weighted by Crippen LogP contribution is 2.36. The first kappa shape index (κ1) is 27.2. The van der Waals surface area contributed by atoms with E-state index in [-0.39, 0.29) is 6.54 Å². The van der Waals surface area contributed by atoms with Gasteiger partial charge in [-0.25, -0.2) is 14.4 Å². The van der Waals surface area contributed by atoms with Crippen molar-refractivity contribution in [1.82, 2.24) is 24.7 Å². The third-order valence-corrected chi connectivity index (χ3v) is 6.73. The molecule has 0 amide bonds. The number of anilines is 1. The monoisotopic (exact) mass is 560 g/mol. The van der Waals surface area contributed by atoms with Crippen molar-refractivity contribution in [3.63, 3.8) is 0 Å². The number of aromatic nitrogens is 5.